The van der Waals surface area contributed by atoms with Gasteiger partial charge in [-0.1, -0.05) is 71.4 Å². The summed E-state index contributed by atoms with van der Waals surface area (Å²) in [5.74, 6) is -1.44. The first kappa shape index (κ1) is 98.1. The first-order valence-electron chi connectivity index (χ1n) is 33.8. The number of rotatable bonds is 21. The maximum absolute atomic E-state index is 11.6. The molecule has 109 heavy (non-hydrogen) atoms. The standard InChI is InChI=1S/C14H12O3.2C11H14O3.3C10H12O3.C9H10O3.C8H8O3.2Na/c15-13-8-6-12(7-9-13)14(16)17-10-11-4-2-1-3-5-11;1-8(2)7-14-11(13)9-3-5-10(12)6-4-9;1-2-3-8-14-11(13)9-4-6-10(12)7-5-9;1-7(2)13-10(12)8-3-5-9(11)6-4-8;2*1-2-7-13-10(12)8-3-5-9(11)6-4-8;1-2-12-9(11)7-3-5-8(10)6-4-7;1-11-8(10)6-2-4-7(9)5-3-6;;/h1-9,15H,10H2;3-6,8,12H,7H2,1-2H3;4-7,12H,2-3,8H2,1H3;3-7,11H,1-2H3;2*3-6,11H,2,7H2,1H3;3-6,10H,2H2,1H3;2-5,9H,1H3;;. The normalized spacial score (nSPS) is 9.57. The van der Waals surface area contributed by atoms with Gasteiger partial charge in [0.2, 0.25) is 0 Å². The van der Waals surface area contributed by atoms with E-state index in [1.807, 2.05) is 65.0 Å². The van der Waals surface area contributed by atoms with Crippen molar-refractivity contribution in [2.75, 3.05) is 40.1 Å². The number of benzene rings is 9. The number of unbranched alkanes of at least 4 members (excludes halogenated alkanes) is 1. The summed E-state index contributed by atoms with van der Waals surface area (Å²) in [6.45, 7) is 17.5. The Morgan fingerprint density at radius 1 is 0.294 bits per heavy atom. The van der Waals surface area contributed by atoms with Gasteiger partial charge >= 0.3 is 47.8 Å². The molecule has 0 saturated heterocycles. The van der Waals surface area contributed by atoms with Crippen LogP contribution in [0.15, 0.2) is 224 Å². The number of aromatic hydroxyl groups is 8. The number of hydrogen-bond donors (Lipinski definition) is 8. The number of esters is 8. The predicted molar refractivity (Wildman–Crippen MR) is 411 cm³/mol. The van der Waals surface area contributed by atoms with E-state index in [1.165, 1.54) is 189 Å². The summed E-state index contributed by atoms with van der Waals surface area (Å²) in [6.07, 6.45) is 3.38. The van der Waals surface area contributed by atoms with Gasteiger partial charge in [-0.2, -0.15) is 0 Å². The minimum Gasteiger partial charge on any atom is -0.508 e. The second-order valence-corrected chi connectivity index (χ2v) is 22.9. The average molecular weight is 1520 g/mol. The van der Waals surface area contributed by atoms with E-state index in [0.717, 1.165) is 31.2 Å². The number of methoxy groups -OCH3 is 1. The van der Waals surface area contributed by atoms with Crippen LogP contribution in [0.3, 0.4) is 0 Å². The van der Waals surface area contributed by atoms with Crippen molar-refractivity contribution in [3.63, 3.8) is 0 Å². The van der Waals surface area contributed by atoms with Crippen LogP contribution in [-0.2, 0) is 44.5 Å². The first-order chi connectivity index (χ1) is 51.1. The molecule has 0 aromatic heterocycles. The van der Waals surface area contributed by atoms with Gasteiger partial charge in [0.05, 0.1) is 90.8 Å². The van der Waals surface area contributed by atoms with E-state index in [0.29, 0.717) is 83.5 Å². The molecule has 9 rings (SSSR count). The van der Waals surface area contributed by atoms with E-state index in [1.54, 1.807) is 32.9 Å². The zero-order valence-corrected chi connectivity index (χ0v) is 67.2. The Morgan fingerprint density at radius 3 is 0.789 bits per heavy atom. The maximum Gasteiger partial charge on any atom is 0.338 e. The molecule has 0 aliphatic rings. The van der Waals surface area contributed by atoms with Gasteiger partial charge in [0.15, 0.2) is 0 Å². The summed E-state index contributed by atoms with van der Waals surface area (Å²) in [4.78, 5) is 89.9. The molecule has 572 valence electrons. The van der Waals surface area contributed by atoms with Crippen LogP contribution in [-0.4, -0.2) is 194 Å². The van der Waals surface area contributed by atoms with Crippen LogP contribution in [0.1, 0.15) is 170 Å². The minimum absolute atomic E-state index is 0. The smallest absolute Gasteiger partial charge is 0.338 e. The molecule has 0 bridgehead atoms. The van der Waals surface area contributed by atoms with E-state index in [4.69, 9.17) is 74.0 Å². The van der Waals surface area contributed by atoms with E-state index in [-0.39, 0.29) is 154 Å². The second kappa shape index (κ2) is 57.3. The van der Waals surface area contributed by atoms with E-state index < -0.39 is 11.9 Å². The van der Waals surface area contributed by atoms with E-state index in [9.17, 15) is 38.4 Å². The van der Waals surface area contributed by atoms with Gasteiger partial charge in [-0.15, -0.1) is 0 Å². The molecule has 0 heterocycles. The van der Waals surface area contributed by atoms with Gasteiger partial charge in [-0.3, -0.25) is 0 Å². The van der Waals surface area contributed by atoms with Crippen molar-refractivity contribution in [2.45, 2.75) is 93.8 Å². The third-order valence-electron chi connectivity index (χ3n) is 13.0. The van der Waals surface area contributed by atoms with Crippen molar-refractivity contribution in [1.82, 2.24) is 0 Å². The van der Waals surface area contributed by atoms with Crippen molar-refractivity contribution >= 4 is 107 Å². The fourth-order valence-electron chi connectivity index (χ4n) is 7.48. The van der Waals surface area contributed by atoms with Crippen LogP contribution in [0.5, 0.6) is 46.0 Å². The Labute approximate surface area is 679 Å². The predicted octanol–water partition coefficient (Wildman–Crippen LogP) is 15.2. The van der Waals surface area contributed by atoms with Crippen LogP contribution >= 0.6 is 0 Å². The molecule has 0 aliphatic heterocycles. The molecule has 26 heteroatoms. The van der Waals surface area contributed by atoms with Gasteiger partial charge in [0, 0.05) is 59.1 Å². The van der Waals surface area contributed by atoms with Gasteiger partial charge < -0.3 is 78.7 Å². The molecular weight excluding hydrogens is 1430 g/mol. The zero-order valence-electron chi connectivity index (χ0n) is 63.2. The Morgan fingerprint density at radius 2 is 0.541 bits per heavy atom. The molecule has 0 saturated carbocycles. The molecule has 0 fully saturated rings. The molecule has 0 atom stereocenters. The number of hydrogen-bond acceptors (Lipinski definition) is 24. The monoisotopic (exact) mass is 1520 g/mol. The fourth-order valence-corrected chi connectivity index (χ4v) is 7.48. The molecule has 2 radical (unpaired) electrons. The average Bonchev–Trinajstić information content (AvgIpc) is 0.882. The molecule has 0 spiro atoms. The summed E-state index contributed by atoms with van der Waals surface area (Å²) >= 11 is 0. The molecule has 9 aromatic rings. The summed E-state index contributed by atoms with van der Waals surface area (Å²) in [6, 6.07) is 57.3. The Kier molecular flexibility index (Phi) is 51.6. The van der Waals surface area contributed by atoms with E-state index >= 15 is 0 Å². The van der Waals surface area contributed by atoms with Gasteiger partial charge in [0.25, 0.3) is 0 Å². The molecule has 0 aliphatic carbocycles. The van der Waals surface area contributed by atoms with Crippen molar-refractivity contribution in [2.24, 2.45) is 5.92 Å². The molecule has 8 N–H and O–H groups in total. The van der Waals surface area contributed by atoms with Gasteiger partial charge in [-0.25, -0.2) is 38.4 Å². The summed E-state index contributed by atoms with van der Waals surface area (Å²) in [7, 11) is 1.31. The Hall–Kier alpha value is -10.9. The SMILES string of the molecule is CC(C)COC(=O)c1ccc(O)cc1.CC(C)OC(=O)c1ccc(O)cc1.CCCCOC(=O)c1ccc(O)cc1.CCCOC(=O)c1ccc(O)cc1.CCCOC(=O)c1ccc(O)cc1.CCOC(=O)c1ccc(O)cc1.COC(=O)c1ccc(O)cc1.O=C(OCc1ccccc1)c1ccc(O)cc1.[Na].[Na]. The van der Waals surface area contributed by atoms with Crippen LogP contribution < -0.4 is 0 Å². The van der Waals surface area contributed by atoms with Crippen LogP contribution in [0.2, 0.25) is 0 Å². The van der Waals surface area contributed by atoms with Gasteiger partial charge in [-0.05, 0) is 246 Å². The minimum atomic E-state index is -0.398. The Balaban J connectivity index is 0.00000122. The fraction of sp³-hybridized carbons (Fsp3) is 0.253. The number of carbonyl (C=O) groups excluding carboxylic acids is 8. The third kappa shape index (κ3) is 44.1. The molecule has 9 aromatic carbocycles. The van der Waals surface area contributed by atoms with Crippen molar-refractivity contribution < 1.29 is 117 Å². The van der Waals surface area contributed by atoms with Crippen LogP contribution in [0, 0.1) is 5.92 Å². The third-order valence-corrected chi connectivity index (χ3v) is 13.0. The molecule has 24 nitrogen and oxygen atoms in total. The molecular formula is C83H94Na2O24. The molecule has 0 unspecified atom stereocenters. The topological polar surface area (TPSA) is 372 Å². The van der Waals surface area contributed by atoms with Gasteiger partial charge in [0.1, 0.15) is 52.6 Å². The zero-order chi connectivity index (χ0) is 79.5. The number of carbonyl (C=O) groups is 8. The number of phenolic OH excluding ortho intramolecular Hbond substituents is 8. The van der Waals surface area contributed by atoms with Crippen LogP contribution in [0.25, 0.3) is 0 Å². The summed E-state index contributed by atoms with van der Waals surface area (Å²) < 4.78 is 39.1. The van der Waals surface area contributed by atoms with Crippen molar-refractivity contribution in [3.05, 3.63) is 275 Å². The van der Waals surface area contributed by atoms with Crippen LogP contribution in [0.4, 0.5) is 0 Å². The molecule has 0 amide bonds. The van der Waals surface area contributed by atoms with Crippen molar-refractivity contribution in [3.8, 4) is 46.0 Å². The van der Waals surface area contributed by atoms with Crippen molar-refractivity contribution in [1.29, 1.82) is 0 Å². The number of phenols is 8. The second-order valence-electron chi connectivity index (χ2n) is 22.9. The Bertz CT molecular complexity index is 3970. The quantitative estimate of drug-likeness (QED) is 0.0143. The summed E-state index contributed by atoms with van der Waals surface area (Å²) in [5.41, 5.74) is 4.57. The number of ether oxygens (including phenoxy) is 8. The first-order valence-corrected chi connectivity index (χ1v) is 33.8. The summed E-state index contributed by atoms with van der Waals surface area (Å²) in [5, 5.41) is 71.8. The maximum atomic E-state index is 11.6. The largest absolute Gasteiger partial charge is 0.508 e. The van der Waals surface area contributed by atoms with E-state index in [2.05, 4.69) is 4.74 Å².